The van der Waals surface area contributed by atoms with Crippen molar-refractivity contribution < 1.29 is 4.52 Å². The van der Waals surface area contributed by atoms with Crippen LogP contribution in [0.2, 0.25) is 0 Å². The molecule has 4 nitrogen and oxygen atoms in total. The Labute approximate surface area is 110 Å². The van der Waals surface area contributed by atoms with E-state index in [9.17, 15) is 0 Å². The van der Waals surface area contributed by atoms with Crippen molar-refractivity contribution in [3.05, 3.63) is 11.7 Å². The van der Waals surface area contributed by atoms with Gasteiger partial charge in [0.15, 0.2) is 5.82 Å². The molecule has 0 radical (unpaired) electrons. The summed E-state index contributed by atoms with van der Waals surface area (Å²) in [5, 5.41) is 7.28. The molecule has 2 rings (SSSR count). The molecule has 1 aliphatic rings. The summed E-state index contributed by atoms with van der Waals surface area (Å²) < 4.78 is 5.32. The normalized spacial score (nSPS) is 26.2. The monoisotopic (exact) mass is 251 g/mol. The molecule has 1 atom stereocenters. The lowest BCUT2D eigenvalue weighted by Gasteiger charge is -2.26. The Bertz CT molecular complexity index is 356. The molecule has 18 heavy (non-hydrogen) atoms. The van der Waals surface area contributed by atoms with Crippen LogP contribution in [0.15, 0.2) is 4.52 Å². The van der Waals surface area contributed by atoms with Crippen LogP contribution in [0.1, 0.15) is 76.0 Å². The second kappa shape index (κ2) is 6.32. The summed E-state index contributed by atoms with van der Waals surface area (Å²) in [6, 6.07) is 0.141. The second-order valence-electron chi connectivity index (χ2n) is 5.51. The van der Waals surface area contributed by atoms with Gasteiger partial charge in [0.25, 0.3) is 0 Å². The molecule has 1 fully saturated rings. The van der Waals surface area contributed by atoms with Crippen LogP contribution in [0.3, 0.4) is 0 Å². The lowest BCUT2D eigenvalue weighted by atomic mass is 9.80. The Hall–Kier alpha value is -0.900. The fraction of sp³-hybridized carbons (Fsp3) is 0.857. The van der Waals surface area contributed by atoms with Gasteiger partial charge in [-0.25, -0.2) is 0 Å². The third kappa shape index (κ3) is 3.10. The zero-order valence-electron chi connectivity index (χ0n) is 11.8. The minimum atomic E-state index is 0.141. The Morgan fingerprint density at radius 2 is 2.06 bits per heavy atom. The van der Waals surface area contributed by atoms with Gasteiger partial charge in [0, 0.05) is 5.92 Å². The van der Waals surface area contributed by atoms with Gasteiger partial charge in [-0.2, -0.15) is 4.98 Å². The van der Waals surface area contributed by atoms with Crippen molar-refractivity contribution in [3.63, 3.8) is 0 Å². The maximum atomic E-state index is 5.32. The van der Waals surface area contributed by atoms with Gasteiger partial charge in [0.05, 0.1) is 6.04 Å². The van der Waals surface area contributed by atoms with Crippen molar-refractivity contribution in [3.8, 4) is 0 Å². The van der Waals surface area contributed by atoms with Crippen LogP contribution in [-0.4, -0.2) is 17.2 Å². The quantitative estimate of drug-likeness (QED) is 0.871. The van der Waals surface area contributed by atoms with Gasteiger partial charge in [-0.1, -0.05) is 24.9 Å². The highest BCUT2D eigenvalue weighted by molar-refractivity contribution is 4.99. The molecule has 4 heteroatoms. The van der Waals surface area contributed by atoms with Gasteiger partial charge in [-0.05, 0) is 45.6 Å². The number of rotatable bonds is 5. The predicted molar refractivity (Wildman–Crippen MR) is 71.4 cm³/mol. The molecule has 102 valence electrons. The van der Waals surface area contributed by atoms with E-state index < -0.39 is 0 Å². The van der Waals surface area contributed by atoms with Crippen molar-refractivity contribution in [2.45, 2.75) is 64.3 Å². The molecule has 1 aromatic heterocycles. The van der Waals surface area contributed by atoms with E-state index in [0.29, 0.717) is 11.8 Å². The van der Waals surface area contributed by atoms with Crippen molar-refractivity contribution in [1.82, 2.24) is 15.5 Å². The molecule has 1 aromatic rings. The number of nitrogens with one attached hydrogen (secondary N) is 1. The highest BCUT2D eigenvalue weighted by atomic mass is 16.5. The zero-order chi connectivity index (χ0) is 13.0. The fourth-order valence-corrected chi connectivity index (χ4v) is 2.83. The molecule has 1 heterocycles. The van der Waals surface area contributed by atoms with Crippen molar-refractivity contribution >= 4 is 0 Å². The molecular weight excluding hydrogens is 226 g/mol. The summed E-state index contributed by atoms with van der Waals surface area (Å²) in [5.74, 6) is 3.07. The van der Waals surface area contributed by atoms with Crippen LogP contribution in [0.4, 0.5) is 0 Å². The summed E-state index contributed by atoms with van der Waals surface area (Å²) in [6.45, 7) is 4.31. The summed E-state index contributed by atoms with van der Waals surface area (Å²) >= 11 is 0. The lowest BCUT2D eigenvalue weighted by Crippen LogP contribution is -2.15. The van der Waals surface area contributed by atoms with Crippen LogP contribution in [-0.2, 0) is 0 Å². The van der Waals surface area contributed by atoms with Crippen LogP contribution >= 0.6 is 0 Å². The largest absolute Gasteiger partial charge is 0.338 e. The number of aromatic nitrogens is 2. The standard InChI is InChI=1S/C14H25N3O/c1-4-5-11-6-8-12(9-7-11)13-16-14(18-17-13)10(2)15-3/h10-12,15H,4-9H2,1-3H3. The first kappa shape index (κ1) is 13.5. The smallest absolute Gasteiger partial charge is 0.243 e. The molecule has 1 N–H and O–H groups in total. The van der Waals surface area contributed by atoms with Crippen molar-refractivity contribution in [2.75, 3.05) is 7.05 Å². The van der Waals surface area contributed by atoms with Gasteiger partial charge >= 0.3 is 0 Å². The van der Waals surface area contributed by atoms with E-state index in [4.69, 9.17) is 4.52 Å². The Morgan fingerprint density at radius 3 is 2.67 bits per heavy atom. The van der Waals surface area contributed by atoms with Gasteiger partial charge < -0.3 is 9.84 Å². The SMILES string of the molecule is CCCC1CCC(c2noc(C(C)NC)n2)CC1. The minimum Gasteiger partial charge on any atom is -0.338 e. The molecule has 1 saturated carbocycles. The molecule has 0 spiro atoms. The second-order valence-corrected chi connectivity index (χ2v) is 5.51. The van der Waals surface area contributed by atoms with E-state index in [1.54, 1.807) is 0 Å². The number of nitrogens with zero attached hydrogens (tertiary/aromatic N) is 2. The maximum absolute atomic E-state index is 5.32. The Morgan fingerprint density at radius 1 is 1.33 bits per heavy atom. The number of hydrogen-bond donors (Lipinski definition) is 1. The first-order chi connectivity index (χ1) is 8.74. The van der Waals surface area contributed by atoms with E-state index in [-0.39, 0.29) is 6.04 Å². The van der Waals surface area contributed by atoms with Crippen LogP contribution in [0.5, 0.6) is 0 Å². The van der Waals surface area contributed by atoms with E-state index in [1.807, 2.05) is 14.0 Å². The first-order valence-electron chi connectivity index (χ1n) is 7.25. The molecule has 0 bridgehead atoms. The highest BCUT2D eigenvalue weighted by Gasteiger charge is 2.26. The lowest BCUT2D eigenvalue weighted by molar-refractivity contribution is 0.293. The molecule has 1 unspecified atom stereocenters. The zero-order valence-corrected chi connectivity index (χ0v) is 11.8. The fourth-order valence-electron chi connectivity index (χ4n) is 2.83. The molecule has 0 aliphatic heterocycles. The summed E-state index contributed by atoms with van der Waals surface area (Å²) in [6.07, 6.45) is 7.77. The van der Waals surface area contributed by atoms with Crippen LogP contribution < -0.4 is 5.32 Å². The first-order valence-corrected chi connectivity index (χ1v) is 7.25. The van der Waals surface area contributed by atoms with Gasteiger partial charge in [-0.15, -0.1) is 0 Å². The van der Waals surface area contributed by atoms with E-state index in [1.165, 1.54) is 38.5 Å². The van der Waals surface area contributed by atoms with E-state index in [0.717, 1.165) is 11.7 Å². The average molecular weight is 251 g/mol. The number of hydrogen-bond acceptors (Lipinski definition) is 4. The molecular formula is C14H25N3O. The van der Waals surface area contributed by atoms with Crippen molar-refractivity contribution in [2.24, 2.45) is 5.92 Å². The maximum Gasteiger partial charge on any atom is 0.243 e. The van der Waals surface area contributed by atoms with Crippen LogP contribution in [0.25, 0.3) is 0 Å². The van der Waals surface area contributed by atoms with Crippen molar-refractivity contribution in [1.29, 1.82) is 0 Å². The topological polar surface area (TPSA) is 51.0 Å². The minimum absolute atomic E-state index is 0.141. The summed E-state index contributed by atoms with van der Waals surface area (Å²) in [5.41, 5.74) is 0. The van der Waals surface area contributed by atoms with Gasteiger partial charge in [-0.3, -0.25) is 0 Å². The third-order valence-corrected chi connectivity index (χ3v) is 4.17. The van der Waals surface area contributed by atoms with Crippen LogP contribution in [0, 0.1) is 5.92 Å². The van der Waals surface area contributed by atoms with E-state index in [2.05, 4.69) is 22.4 Å². The summed E-state index contributed by atoms with van der Waals surface area (Å²) in [7, 11) is 1.91. The summed E-state index contributed by atoms with van der Waals surface area (Å²) in [4.78, 5) is 4.54. The molecule has 1 aliphatic carbocycles. The molecule has 0 saturated heterocycles. The van der Waals surface area contributed by atoms with Gasteiger partial charge in [0.2, 0.25) is 5.89 Å². The Kier molecular flexibility index (Phi) is 4.75. The highest BCUT2D eigenvalue weighted by Crippen LogP contribution is 2.36. The van der Waals surface area contributed by atoms with Gasteiger partial charge in [0.1, 0.15) is 0 Å². The average Bonchev–Trinajstić information content (AvgIpc) is 2.89. The Balaban J connectivity index is 1.91. The third-order valence-electron chi connectivity index (χ3n) is 4.17. The molecule has 0 amide bonds. The predicted octanol–water partition coefficient (Wildman–Crippen LogP) is 3.42. The van der Waals surface area contributed by atoms with E-state index >= 15 is 0 Å². The molecule has 0 aromatic carbocycles.